The Morgan fingerprint density at radius 2 is 2.00 bits per heavy atom. The number of aliphatic hydroxyl groups is 1. The van der Waals surface area contributed by atoms with E-state index < -0.39 is 6.10 Å². The van der Waals surface area contributed by atoms with Crippen molar-refractivity contribution in [1.82, 2.24) is 4.90 Å². The largest absolute Gasteiger partial charge is 0.465 e. The number of methoxy groups -OCH3 is 1. The van der Waals surface area contributed by atoms with E-state index in [-0.39, 0.29) is 23.8 Å². The molecule has 2 unspecified atom stereocenters. The van der Waals surface area contributed by atoms with Crippen LogP contribution in [0.2, 0.25) is 0 Å². The Balaban J connectivity index is 1.43. The van der Waals surface area contributed by atoms with Crippen molar-refractivity contribution < 1.29 is 19.4 Å². The van der Waals surface area contributed by atoms with Crippen LogP contribution in [0.4, 0.5) is 0 Å². The topological polar surface area (TPSA) is 66.8 Å². The normalized spacial score (nSPS) is 18.1. The van der Waals surface area contributed by atoms with E-state index in [1.54, 1.807) is 6.07 Å². The summed E-state index contributed by atoms with van der Waals surface area (Å²) in [6.07, 6.45) is 9.46. The molecule has 2 heterocycles. The minimum atomic E-state index is -0.499. The Morgan fingerprint density at radius 1 is 1.21 bits per heavy atom. The van der Waals surface area contributed by atoms with Gasteiger partial charge in [0, 0.05) is 17.8 Å². The number of carbonyl (C=O) groups excluding carboxylic acids is 2. The van der Waals surface area contributed by atoms with Crippen LogP contribution in [0.15, 0.2) is 54.6 Å². The van der Waals surface area contributed by atoms with E-state index in [9.17, 15) is 14.7 Å². The molecular weight excluding hydrogens is 434 g/mol. The van der Waals surface area contributed by atoms with E-state index >= 15 is 0 Å². The minimum absolute atomic E-state index is 0.0534. The van der Waals surface area contributed by atoms with Crippen LogP contribution in [0.25, 0.3) is 0 Å². The lowest BCUT2D eigenvalue weighted by molar-refractivity contribution is -0.128. The first-order chi connectivity index (χ1) is 16.0. The Hall–Kier alpha value is -2.44. The summed E-state index contributed by atoms with van der Waals surface area (Å²) < 4.78 is 4.76. The summed E-state index contributed by atoms with van der Waals surface area (Å²) in [7, 11) is 1.39. The lowest BCUT2D eigenvalue weighted by Gasteiger charge is -2.23. The number of esters is 1. The number of carbonyl (C=O) groups is 2. The summed E-state index contributed by atoms with van der Waals surface area (Å²) in [5.41, 5.74) is 1.33. The highest BCUT2D eigenvalue weighted by atomic mass is 32.1. The molecular formula is C27H35NO4S. The molecule has 0 saturated carbocycles. The molecule has 0 aliphatic carbocycles. The molecule has 6 heteroatoms. The van der Waals surface area contributed by atoms with Crippen molar-refractivity contribution in [3.05, 3.63) is 69.9 Å². The third kappa shape index (κ3) is 7.54. The number of hydrogen-bond donors (Lipinski definition) is 1. The number of ether oxygens (including phenoxy) is 1. The molecule has 1 aliphatic rings. The van der Waals surface area contributed by atoms with Crippen LogP contribution >= 0.6 is 11.3 Å². The molecule has 1 aromatic carbocycles. The van der Waals surface area contributed by atoms with Gasteiger partial charge in [-0.05, 0) is 62.1 Å². The Bertz CT molecular complexity index is 923. The van der Waals surface area contributed by atoms with Crippen molar-refractivity contribution in [1.29, 1.82) is 0 Å². The fraction of sp³-hybridized carbons (Fsp3) is 0.481. The lowest BCUT2D eigenvalue weighted by atomic mass is 9.95. The van der Waals surface area contributed by atoms with Gasteiger partial charge in [-0.15, -0.1) is 11.3 Å². The van der Waals surface area contributed by atoms with Crippen LogP contribution in [0.3, 0.4) is 0 Å². The SMILES string of the molecule is COC(=O)c1ccc(CCCN2C(=O)CC[C@@H]2C=CC(O)C(C)CCCc2ccccc2)s1. The highest BCUT2D eigenvalue weighted by molar-refractivity contribution is 7.13. The van der Waals surface area contributed by atoms with Crippen LogP contribution in [0, 0.1) is 5.92 Å². The molecule has 0 radical (unpaired) electrons. The molecule has 1 aromatic heterocycles. The molecule has 1 amide bonds. The van der Waals surface area contributed by atoms with Crippen molar-refractivity contribution >= 4 is 23.2 Å². The number of amides is 1. The van der Waals surface area contributed by atoms with Crippen LogP contribution in [0.1, 0.15) is 59.1 Å². The summed E-state index contributed by atoms with van der Waals surface area (Å²) >= 11 is 1.45. The lowest BCUT2D eigenvalue weighted by Crippen LogP contribution is -2.33. The van der Waals surface area contributed by atoms with Gasteiger partial charge in [-0.1, -0.05) is 49.4 Å². The summed E-state index contributed by atoms with van der Waals surface area (Å²) in [5, 5.41) is 10.6. The molecule has 178 valence electrons. The summed E-state index contributed by atoms with van der Waals surface area (Å²) in [6.45, 7) is 2.77. The zero-order valence-electron chi connectivity index (χ0n) is 19.6. The molecule has 1 N–H and O–H groups in total. The second kappa shape index (κ2) is 12.7. The van der Waals surface area contributed by atoms with Crippen LogP contribution < -0.4 is 0 Å². The van der Waals surface area contributed by atoms with Crippen molar-refractivity contribution in [2.45, 2.75) is 64.0 Å². The number of likely N-dealkylation sites (tertiary alicyclic amines) is 1. The molecule has 1 fully saturated rings. The molecule has 5 nitrogen and oxygen atoms in total. The molecule has 1 aliphatic heterocycles. The maximum Gasteiger partial charge on any atom is 0.348 e. The quantitative estimate of drug-likeness (QED) is 0.350. The zero-order valence-corrected chi connectivity index (χ0v) is 20.4. The molecule has 0 bridgehead atoms. The Morgan fingerprint density at radius 3 is 2.76 bits per heavy atom. The van der Waals surface area contributed by atoms with E-state index in [1.807, 2.05) is 29.2 Å². The van der Waals surface area contributed by atoms with E-state index in [4.69, 9.17) is 4.74 Å². The maximum atomic E-state index is 12.4. The van der Waals surface area contributed by atoms with Gasteiger partial charge in [0.25, 0.3) is 0 Å². The third-order valence-corrected chi connectivity index (χ3v) is 7.45. The highest BCUT2D eigenvalue weighted by Crippen LogP contribution is 2.23. The van der Waals surface area contributed by atoms with Gasteiger partial charge in [0.2, 0.25) is 5.91 Å². The van der Waals surface area contributed by atoms with Gasteiger partial charge < -0.3 is 14.7 Å². The van der Waals surface area contributed by atoms with Crippen molar-refractivity contribution in [2.75, 3.05) is 13.7 Å². The van der Waals surface area contributed by atoms with Crippen LogP contribution in [0.5, 0.6) is 0 Å². The number of thiophene rings is 1. The third-order valence-electron chi connectivity index (χ3n) is 6.33. The van der Waals surface area contributed by atoms with Crippen LogP contribution in [-0.2, 0) is 22.4 Å². The van der Waals surface area contributed by atoms with E-state index in [2.05, 4.69) is 31.2 Å². The Labute approximate surface area is 201 Å². The number of aliphatic hydroxyl groups excluding tert-OH is 1. The molecule has 3 atom stereocenters. The number of aryl methyl sites for hydroxylation is 2. The predicted octanol–water partition coefficient (Wildman–Crippen LogP) is 5.03. The van der Waals surface area contributed by atoms with Gasteiger partial charge in [-0.3, -0.25) is 4.79 Å². The maximum absolute atomic E-state index is 12.4. The predicted molar refractivity (Wildman–Crippen MR) is 132 cm³/mol. The first-order valence-corrected chi connectivity index (χ1v) is 12.7. The van der Waals surface area contributed by atoms with Crippen molar-refractivity contribution in [3.8, 4) is 0 Å². The van der Waals surface area contributed by atoms with Gasteiger partial charge in [0.05, 0.1) is 19.3 Å². The molecule has 33 heavy (non-hydrogen) atoms. The molecule has 3 rings (SSSR count). The molecule has 2 aromatic rings. The smallest absolute Gasteiger partial charge is 0.348 e. The van der Waals surface area contributed by atoms with Gasteiger partial charge in [-0.25, -0.2) is 4.79 Å². The molecule has 0 spiro atoms. The fourth-order valence-electron chi connectivity index (χ4n) is 4.27. The highest BCUT2D eigenvalue weighted by Gasteiger charge is 2.28. The monoisotopic (exact) mass is 469 g/mol. The van der Waals surface area contributed by atoms with E-state index in [0.29, 0.717) is 17.8 Å². The summed E-state index contributed by atoms with van der Waals surface area (Å²) in [6, 6.07) is 14.2. The summed E-state index contributed by atoms with van der Waals surface area (Å²) in [4.78, 5) is 27.6. The minimum Gasteiger partial charge on any atom is -0.465 e. The van der Waals surface area contributed by atoms with Gasteiger partial charge in [0.1, 0.15) is 4.88 Å². The summed E-state index contributed by atoms with van der Waals surface area (Å²) in [5.74, 6) is 0.0499. The zero-order chi connectivity index (χ0) is 23.6. The average Bonchev–Trinajstić information content (AvgIpc) is 3.44. The van der Waals surface area contributed by atoms with Gasteiger partial charge >= 0.3 is 5.97 Å². The fourth-order valence-corrected chi connectivity index (χ4v) is 5.24. The number of nitrogens with zero attached hydrogens (tertiary/aromatic N) is 1. The van der Waals surface area contributed by atoms with Crippen LogP contribution in [-0.4, -0.2) is 47.7 Å². The number of rotatable bonds is 12. The van der Waals surface area contributed by atoms with Crippen molar-refractivity contribution in [3.63, 3.8) is 0 Å². The van der Waals surface area contributed by atoms with E-state index in [1.165, 1.54) is 24.0 Å². The Kier molecular flexibility index (Phi) is 9.70. The van der Waals surface area contributed by atoms with E-state index in [0.717, 1.165) is 43.4 Å². The first-order valence-electron chi connectivity index (χ1n) is 11.8. The number of hydrogen-bond acceptors (Lipinski definition) is 5. The van der Waals surface area contributed by atoms with Gasteiger partial charge in [-0.2, -0.15) is 0 Å². The second-order valence-electron chi connectivity index (χ2n) is 8.78. The average molecular weight is 470 g/mol. The first kappa shape index (κ1) is 25.2. The molecule has 1 saturated heterocycles. The second-order valence-corrected chi connectivity index (χ2v) is 9.95. The van der Waals surface area contributed by atoms with Gasteiger partial charge in [0.15, 0.2) is 0 Å². The number of benzene rings is 1. The standard InChI is InChI=1S/C27H35NO4S/c1-20(8-6-11-21-9-4-3-5-10-21)24(29)16-13-22-14-18-26(30)28(22)19-7-12-23-15-17-25(33-23)27(31)32-2/h3-5,9-10,13,15-17,20,22,24,29H,6-8,11-12,14,18-19H2,1-2H3/t20?,22-,24?/m0/s1. The van der Waals surface area contributed by atoms with Crippen molar-refractivity contribution in [2.24, 2.45) is 5.92 Å².